The van der Waals surface area contributed by atoms with Crippen molar-refractivity contribution >= 4 is 17.3 Å². The number of ether oxygens (including phenoxy) is 2. The average molecular weight is 442 g/mol. The first-order valence-corrected chi connectivity index (χ1v) is 10.3. The second-order valence-corrected chi connectivity index (χ2v) is 8.99. The lowest BCUT2D eigenvalue weighted by Gasteiger charge is -2.20. The lowest BCUT2D eigenvalue weighted by atomic mass is 10.0. The molecule has 1 saturated carbocycles. The first kappa shape index (κ1) is 23.3. The Morgan fingerprint density at radius 1 is 0.938 bits per heavy atom. The Morgan fingerprint density at radius 2 is 1.38 bits per heavy atom. The Balaban J connectivity index is 1.78. The average Bonchev–Trinajstić information content (AvgIpc) is 3.37. The molecule has 1 aliphatic carbocycles. The topological polar surface area (TPSA) is 122 Å². The van der Waals surface area contributed by atoms with Gasteiger partial charge >= 0.3 is 5.97 Å². The van der Waals surface area contributed by atoms with Gasteiger partial charge in [-0.1, -0.05) is 6.92 Å². The van der Waals surface area contributed by atoms with Gasteiger partial charge in [0, 0.05) is 24.3 Å². The summed E-state index contributed by atoms with van der Waals surface area (Å²) >= 11 is 0. The van der Waals surface area contributed by atoms with Gasteiger partial charge in [0.05, 0.1) is 22.4 Å². The zero-order valence-corrected chi connectivity index (χ0v) is 18.4. The molecule has 32 heavy (non-hydrogen) atoms. The molecule has 0 spiro atoms. The van der Waals surface area contributed by atoms with Crippen LogP contribution in [0.1, 0.15) is 44.9 Å². The number of carbonyl (C=O) groups is 1. The molecule has 9 heteroatoms. The number of nitrogens with zero attached hydrogens (tertiary/aromatic N) is 2. The van der Waals surface area contributed by atoms with Gasteiger partial charge in [-0.15, -0.1) is 0 Å². The molecular weight excluding hydrogens is 416 g/mol. The molecule has 0 bridgehead atoms. The summed E-state index contributed by atoms with van der Waals surface area (Å²) in [5, 5.41) is 22.0. The summed E-state index contributed by atoms with van der Waals surface area (Å²) in [5.41, 5.74) is 0.692. The fourth-order valence-electron chi connectivity index (χ4n) is 3.69. The highest BCUT2D eigenvalue weighted by molar-refractivity contribution is 5.76. The number of carbonyl (C=O) groups excluding carboxylic acids is 1. The van der Waals surface area contributed by atoms with Gasteiger partial charge in [-0.25, -0.2) is 0 Å². The molecule has 3 atom stereocenters. The largest absolute Gasteiger partial charge is 0.460 e. The second-order valence-electron chi connectivity index (χ2n) is 8.99. The number of nitro groups is 2. The summed E-state index contributed by atoms with van der Waals surface area (Å²) in [5.74, 6) is -0.396. The number of rotatable bonds is 8. The van der Waals surface area contributed by atoms with Crippen molar-refractivity contribution in [1.82, 2.24) is 0 Å². The minimum atomic E-state index is -0.594. The molecule has 0 N–H and O–H groups in total. The maximum atomic E-state index is 12.4. The highest BCUT2D eigenvalue weighted by atomic mass is 16.6. The predicted octanol–water partition coefficient (Wildman–Crippen LogP) is 4.83. The van der Waals surface area contributed by atoms with Crippen LogP contribution in [-0.2, 0) is 14.3 Å². The van der Waals surface area contributed by atoms with E-state index in [2.05, 4.69) is 0 Å². The molecule has 0 aliphatic heterocycles. The van der Waals surface area contributed by atoms with E-state index >= 15 is 0 Å². The van der Waals surface area contributed by atoms with E-state index in [1.54, 1.807) is 24.3 Å². The van der Waals surface area contributed by atoms with E-state index in [1.165, 1.54) is 24.3 Å². The molecule has 0 heterocycles. The molecule has 0 saturated heterocycles. The van der Waals surface area contributed by atoms with Crippen molar-refractivity contribution in [2.75, 3.05) is 6.61 Å². The molecule has 0 amide bonds. The van der Waals surface area contributed by atoms with Crippen molar-refractivity contribution in [2.24, 2.45) is 17.8 Å². The van der Waals surface area contributed by atoms with E-state index in [-0.39, 0.29) is 41.7 Å². The van der Waals surface area contributed by atoms with Crippen LogP contribution in [-0.4, -0.2) is 28.0 Å². The van der Waals surface area contributed by atoms with Crippen molar-refractivity contribution in [3.63, 3.8) is 0 Å². The van der Waals surface area contributed by atoms with E-state index in [4.69, 9.17) is 9.47 Å². The summed E-state index contributed by atoms with van der Waals surface area (Å²) in [7, 11) is 0. The minimum Gasteiger partial charge on any atom is -0.460 e. The third kappa shape index (κ3) is 5.47. The quantitative estimate of drug-likeness (QED) is 0.326. The first-order chi connectivity index (χ1) is 15.0. The predicted molar refractivity (Wildman–Crippen MR) is 116 cm³/mol. The number of non-ortho nitro benzene ring substituents is 2. The van der Waals surface area contributed by atoms with Crippen LogP contribution in [0.25, 0.3) is 0 Å². The van der Waals surface area contributed by atoms with Crippen LogP contribution in [0.4, 0.5) is 11.4 Å². The van der Waals surface area contributed by atoms with E-state index < -0.39 is 21.6 Å². The summed E-state index contributed by atoms with van der Waals surface area (Å²) in [6, 6.07) is 12.0. The fraction of sp³-hybridized carbons (Fsp3) is 0.435. The van der Waals surface area contributed by atoms with Gasteiger partial charge in [-0.05, 0) is 68.0 Å². The molecule has 1 fully saturated rings. The van der Waals surface area contributed by atoms with E-state index in [0.29, 0.717) is 11.1 Å². The van der Waals surface area contributed by atoms with Crippen LogP contribution >= 0.6 is 0 Å². The molecule has 3 unspecified atom stereocenters. The Hall–Kier alpha value is -3.33. The minimum absolute atomic E-state index is 0.0107. The monoisotopic (exact) mass is 442 g/mol. The van der Waals surface area contributed by atoms with Gasteiger partial charge in [0.15, 0.2) is 0 Å². The molecule has 170 valence electrons. The van der Waals surface area contributed by atoms with Gasteiger partial charge in [-0.3, -0.25) is 25.0 Å². The number of esters is 1. The molecule has 3 rings (SSSR count). The van der Waals surface area contributed by atoms with Gasteiger partial charge in [0.1, 0.15) is 11.7 Å². The van der Waals surface area contributed by atoms with Gasteiger partial charge in [0.25, 0.3) is 11.4 Å². The Labute approximate surface area is 185 Å². The molecule has 0 aromatic heterocycles. The highest BCUT2D eigenvalue weighted by Crippen LogP contribution is 2.48. The Morgan fingerprint density at radius 3 is 1.75 bits per heavy atom. The third-order valence-corrected chi connectivity index (χ3v) is 5.51. The van der Waals surface area contributed by atoms with Gasteiger partial charge in [-0.2, -0.15) is 0 Å². The van der Waals surface area contributed by atoms with Crippen LogP contribution in [0.2, 0.25) is 0 Å². The smallest absolute Gasteiger partial charge is 0.310 e. The second kappa shape index (κ2) is 9.04. The van der Waals surface area contributed by atoms with Crippen LogP contribution in [0.5, 0.6) is 0 Å². The normalized spacial score (nSPS) is 20.1. The van der Waals surface area contributed by atoms with E-state index in [9.17, 15) is 25.0 Å². The lowest BCUT2D eigenvalue weighted by molar-refractivity contribution is -0.385. The van der Waals surface area contributed by atoms with Crippen molar-refractivity contribution in [1.29, 1.82) is 0 Å². The molecule has 2 aromatic carbocycles. The lowest BCUT2D eigenvalue weighted by Crippen LogP contribution is -2.25. The van der Waals surface area contributed by atoms with Gasteiger partial charge in [0.2, 0.25) is 0 Å². The zero-order valence-electron chi connectivity index (χ0n) is 18.4. The summed E-state index contributed by atoms with van der Waals surface area (Å²) in [6.45, 7) is 7.72. The zero-order chi connectivity index (χ0) is 23.6. The maximum Gasteiger partial charge on any atom is 0.310 e. The molecule has 0 radical (unpaired) electrons. The van der Waals surface area contributed by atoms with Gasteiger partial charge < -0.3 is 9.47 Å². The standard InChI is InChI=1S/C23H26N2O7/c1-14-19(20(14)22(26)32-23(2,3)4)13-31-21(15-5-9-17(10-6-15)24(27)28)16-7-11-18(12-8-16)25(29)30/h5-12,14,19-21H,13H2,1-4H3. The van der Waals surface area contributed by atoms with Crippen LogP contribution in [0.15, 0.2) is 48.5 Å². The van der Waals surface area contributed by atoms with Crippen molar-refractivity contribution in [3.8, 4) is 0 Å². The molecule has 2 aromatic rings. The maximum absolute atomic E-state index is 12.4. The van der Waals surface area contributed by atoms with Crippen molar-refractivity contribution in [3.05, 3.63) is 79.9 Å². The number of benzene rings is 2. The number of hydrogen-bond acceptors (Lipinski definition) is 7. The Kier molecular flexibility index (Phi) is 6.59. The van der Waals surface area contributed by atoms with Crippen molar-refractivity contribution < 1.29 is 24.1 Å². The SMILES string of the molecule is CC1C(COC(c2ccc([N+](=O)[O-])cc2)c2ccc([N+](=O)[O-])cc2)C1C(=O)OC(C)(C)C. The van der Waals surface area contributed by atoms with Crippen LogP contribution in [0.3, 0.4) is 0 Å². The molecule has 9 nitrogen and oxygen atoms in total. The van der Waals surface area contributed by atoms with E-state index in [1.807, 2.05) is 27.7 Å². The highest BCUT2D eigenvalue weighted by Gasteiger charge is 2.53. The number of hydrogen-bond donors (Lipinski definition) is 0. The first-order valence-electron chi connectivity index (χ1n) is 10.3. The van der Waals surface area contributed by atoms with Crippen LogP contribution in [0, 0.1) is 38.0 Å². The summed E-state index contributed by atoms with van der Waals surface area (Å²) in [6.07, 6.45) is -0.594. The summed E-state index contributed by atoms with van der Waals surface area (Å²) < 4.78 is 11.7. The Bertz CT molecular complexity index is 939. The molecule has 1 aliphatic rings. The van der Waals surface area contributed by atoms with Crippen molar-refractivity contribution in [2.45, 2.75) is 39.4 Å². The van der Waals surface area contributed by atoms with E-state index in [0.717, 1.165) is 0 Å². The molecular formula is C23H26N2O7. The fourth-order valence-corrected chi connectivity index (χ4v) is 3.69. The van der Waals surface area contributed by atoms with Crippen LogP contribution < -0.4 is 0 Å². The number of nitro benzene ring substituents is 2. The summed E-state index contributed by atoms with van der Waals surface area (Å²) in [4.78, 5) is 33.4. The third-order valence-electron chi connectivity index (χ3n) is 5.51.